The zero-order valence-corrected chi connectivity index (χ0v) is 29.0. The Kier molecular flexibility index (Phi) is 12.0. The fourth-order valence-corrected chi connectivity index (χ4v) is 18.5. The smallest absolute Gasteiger partial charge is 0.335 e. The number of ether oxygens (including phenoxy) is 1. The second-order valence-corrected chi connectivity index (χ2v) is 24.0. The zero-order valence-electron chi connectivity index (χ0n) is 26.3. The highest BCUT2D eigenvalue weighted by atomic mass is 35.5. The molecule has 3 atom stereocenters. The highest BCUT2D eigenvalue weighted by Gasteiger charge is 2.54. The molecule has 0 aliphatic carbocycles. The fourth-order valence-electron chi connectivity index (χ4n) is 7.23. The molecule has 2 rings (SSSR count). The van der Waals surface area contributed by atoms with Gasteiger partial charge in [0, 0.05) is 0 Å². The lowest BCUT2D eigenvalue weighted by atomic mass is 10.0. The van der Waals surface area contributed by atoms with Crippen LogP contribution in [0.4, 0.5) is 5.69 Å². The summed E-state index contributed by atoms with van der Waals surface area (Å²) in [4.78, 5) is 19.3. The van der Waals surface area contributed by atoms with E-state index in [1.54, 1.807) is 6.08 Å². The Bertz CT molecular complexity index is 1010. The molecule has 0 saturated heterocycles. The van der Waals surface area contributed by atoms with E-state index >= 15 is 0 Å². The van der Waals surface area contributed by atoms with Crippen LogP contribution in [0.3, 0.4) is 0 Å². The number of nitrogens with zero attached hydrogens (tertiary/aromatic N) is 3. The van der Waals surface area contributed by atoms with Gasteiger partial charge in [-0.1, -0.05) is 94.7 Å². The van der Waals surface area contributed by atoms with Crippen LogP contribution in [-0.2, 0) is 13.6 Å². The molecule has 0 radical (unpaired) electrons. The molecule has 0 fully saturated rings. The maximum atomic E-state index is 12.0. The van der Waals surface area contributed by atoms with Crippen molar-refractivity contribution in [1.82, 2.24) is 9.97 Å². The normalized spacial score (nSPS) is 20.7. The van der Waals surface area contributed by atoms with Crippen molar-refractivity contribution in [3.05, 3.63) is 33.4 Å². The van der Waals surface area contributed by atoms with Crippen LogP contribution in [0.2, 0.25) is 38.4 Å². The molecule has 0 bridgehead atoms. The van der Waals surface area contributed by atoms with E-state index in [1.807, 2.05) is 0 Å². The van der Waals surface area contributed by atoms with Crippen LogP contribution in [0.15, 0.2) is 12.4 Å². The molecule has 0 spiro atoms. The Morgan fingerprint density at radius 3 is 1.75 bits per heavy atom. The minimum atomic E-state index is -2.47. The minimum Gasteiger partial charge on any atom is -0.483 e. The molecule has 0 amide bonds. The molecule has 1 aliphatic heterocycles. The molecule has 12 heteroatoms. The van der Waals surface area contributed by atoms with Crippen molar-refractivity contribution >= 4 is 39.7 Å². The van der Waals surface area contributed by atoms with E-state index in [2.05, 4.69) is 93.1 Å². The van der Waals surface area contributed by atoms with Gasteiger partial charge in [-0.25, -0.2) is 9.97 Å². The van der Waals surface area contributed by atoms with E-state index in [-0.39, 0.29) is 39.8 Å². The third-order valence-corrected chi connectivity index (χ3v) is 21.2. The number of aliphatic hydroxyl groups excluding tert-OH is 1. The van der Waals surface area contributed by atoms with Crippen molar-refractivity contribution in [3.63, 3.8) is 0 Å². The summed E-state index contributed by atoms with van der Waals surface area (Å²) in [6, 6.07) is 0. The van der Waals surface area contributed by atoms with Crippen LogP contribution >= 0.6 is 11.6 Å². The molecule has 9 nitrogen and oxygen atoms in total. The van der Waals surface area contributed by atoms with Gasteiger partial charge in [0.1, 0.15) is 18.5 Å². The second kappa shape index (κ2) is 13.7. The van der Waals surface area contributed by atoms with Crippen LogP contribution < -0.4 is 0 Å². The maximum absolute atomic E-state index is 12.0. The minimum absolute atomic E-state index is 0.0403. The first-order chi connectivity index (χ1) is 18.5. The van der Waals surface area contributed by atoms with Crippen molar-refractivity contribution < 1.29 is 23.6 Å². The summed E-state index contributed by atoms with van der Waals surface area (Å²) in [5.74, 6) is 0.143. The van der Waals surface area contributed by atoms with Crippen molar-refractivity contribution in [2.24, 2.45) is 0 Å². The number of hydrogen-bond acceptors (Lipinski definition) is 8. The SMILES string of the molecule is CC(C)[Si](OC1C=C(c2ncnc(Cl)c2[N+](=O)[O-])OC(CO)C1O[Si](C(C)C)(C(C)C)C(C)C)(C(C)C)C(C)C. The summed E-state index contributed by atoms with van der Waals surface area (Å²) in [5, 5.41) is 22.3. The molecule has 1 aromatic rings. The molecular weight excluding hydrogens is 566 g/mol. The topological polar surface area (TPSA) is 117 Å². The number of nitro groups is 1. The number of aliphatic hydroxyl groups is 1. The summed E-state index contributed by atoms with van der Waals surface area (Å²) >= 11 is 6.13. The quantitative estimate of drug-likeness (QED) is 0.103. The molecule has 3 unspecified atom stereocenters. The Morgan fingerprint density at radius 2 is 1.35 bits per heavy atom. The van der Waals surface area contributed by atoms with Gasteiger partial charge in [-0.2, -0.15) is 0 Å². The summed E-state index contributed by atoms with van der Waals surface area (Å²) < 4.78 is 20.8. The van der Waals surface area contributed by atoms with Gasteiger partial charge >= 0.3 is 5.69 Å². The van der Waals surface area contributed by atoms with Crippen molar-refractivity contribution in [2.75, 3.05) is 6.61 Å². The van der Waals surface area contributed by atoms with E-state index in [1.165, 1.54) is 6.33 Å². The van der Waals surface area contributed by atoms with E-state index in [9.17, 15) is 15.2 Å². The van der Waals surface area contributed by atoms with Gasteiger partial charge in [-0.3, -0.25) is 10.1 Å². The van der Waals surface area contributed by atoms with Gasteiger partial charge in [0.25, 0.3) is 0 Å². The molecule has 1 aliphatic rings. The van der Waals surface area contributed by atoms with E-state index in [0.717, 1.165) is 0 Å². The average molecular weight is 616 g/mol. The monoisotopic (exact) mass is 615 g/mol. The molecule has 2 heterocycles. The fraction of sp³-hybridized carbons (Fsp3) is 0.786. The first-order valence-electron chi connectivity index (χ1n) is 14.5. The number of aromatic nitrogens is 2. The molecular formula is C28H50ClN3O6Si2. The third kappa shape index (κ3) is 6.49. The van der Waals surface area contributed by atoms with Gasteiger partial charge < -0.3 is 18.7 Å². The summed E-state index contributed by atoms with van der Waals surface area (Å²) in [6.45, 7) is 26.2. The highest BCUT2D eigenvalue weighted by molar-refractivity contribution is 6.78. The van der Waals surface area contributed by atoms with E-state index in [0.29, 0.717) is 16.6 Å². The first-order valence-corrected chi connectivity index (χ1v) is 19.1. The molecule has 1 aromatic heterocycles. The predicted octanol–water partition coefficient (Wildman–Crippen LogP) is 7.89. The Hall–Kier alpha value is -1.38. The average Bonchev–Trinajstić information content (AvgIpc) is 2.83. The molecule has 1 N–H and O–H groups in total. The lowest BCUT2D eigenvalue weighted by Gasteiger charge is -2.51. The maximum Gasteiger partial charge on any atom is 0.335 e. The van der Waals surface area contributed by atoms with Crippen LogP contribution in [0.25, 0.3) is 5.76 Å². The second-order valence-electron chi connectivity index (χ2n) is 12.8. The lowest BCUT2D eigenvalue weighted by molar-refractivity contribution is -0.385. The Morgan fingerprint density at radius 1 is 0.900 bits per heavy atom. The third-order valence-electron chi connectivity index (χ3n) is 8.75. The van der Waals surface area contributed by atoms with Crippen molar-refractivity contribution in [2.45, 2.75) is 135 Å². The zero-order chi connectivity index (χ0) is 30.7. The van der Waals surface area contributed by atoms with E-state index < -0.39 is 45.6 Å². The standard InChI is InChI=1S/C28H50ClN3O6Si2/c1-16(2)39(17(3)4,18(5)6)37-23-13-22(25-26(32(34)35)28(29)31-15-30-25)36-24(14-33)27(23)38-40(19(7)8,20(9)10)21(11)12/h13,15-21,23-24,27,33H,14H2,1-12H3. The summed E-state index contributed by atoms with van der Waals surface area (Å²) in [6.07, 6.45) is 0.894. The predicted molar refractivity (Wildman–Crippen MR) is 165 cm³/mol. The van der Waals surface area contributed by atoms with Gasteiger partial charge in [-0.05, 0) is 39.3 Å². The van der Waals surface area contributed by atoms with E-state index in [4.69, 9.17) is 25.2 Å². The van der Waals surface area contributed by atoms with Gasteiger partial charge in [0.15, 0.2) is 11.5 Å². The summed E-state index contributed by atoms with van der Waals surface area (Å²) in [7, 11) is -4.92. The number of rotatable bonds is 13. The summed E-state index contributed by atoms with van der Waals surface area (Å²) in [5.41, 5.74) is 1.24. The Labute approximate surface area is 247 Å². The number of halogens is 1. The van der Waals surface area contributed by atoms with Gasteiger partial charge in [-0.15, -0.1) is 0 Å². The number of hydrogen-bond donors (Lipinski definition) is 1. The molecule has 0 aromatic carbocycles. The van der Waals surface area contributed by atoms with Crippen LogP contribution in [0, 0.1) is 10.1 Å². The van der Waals surface area contributed by atoms with Crippen LogP contribution in [-0.4, -0.2) is 61.6 Å². The molecule has 0 saturated carbocycles. The van der Waals surface area contributed by atoms with Gasteiger partial charge in [0.05, 0.1) is 17.6 Å². The lowest BCUT2D eigenvalue weighted by Crippen LogP contribution is -2.60. The van der Waals surface area contributed by atoms with Crippen molar-refractivity contribution in [3.8, 4) is 0 Å². The van der Waals surface area contributed by atoms with Crippen LogP contribution in [0.5, 0.6) is 0 Å². The highest BCUT2D eigenvalue weighted by Crippen LogP contribution is 2.48. The largest absolute Gasteiger partial charge is 0.483 e. The Balaban J connectivity index is 2.87. The molecule has 40 heavy (non-hydrogen) atoms. The first kappa shape index (κ1) is 34.8. The van der Waals surface area contributed by atoms with Crippen LogP contribution in [0.1, 0.15) is 88.8 Å². The molecule has 228 valence electrons. The van der Waals surface area contributed by atoms with Crippen molar-refractivity contribution in [1.29, 1.82) is 0 Å². The van der Waals surface area contributed by atoms with Gasteiger partial charge in [0.2, 0.25) is 21.8 Å².